The van der Waals surface area contributed by atoms with E-state index < -0.39 is 0 Å². The third kappa shape index (κ3) is 3.23. The number of methoxy groups -OCH3 is 1. The van der Waals surface area contributed by atoms with E-state index in [0.29, 0.717) is 12.0 Å². The highest BCUT2D eigenvalue weighted by atomic mass is 16.5. The minimum Gasteiger partial charge on any atom is -0.393 e. The lowest BCUT2D eigenvalue weighted by Crippen LogP contribution is -2.43. The number of hydrogen-bond acceptors (Lipinski definition) is 3. The standard InChI is InChI=1S/C11H23NO2/c1-9(8-14-3)12-6-4-11(5-7-12)10(2)13/h9-11,13H,4-8H2,1-3H3. The van der Waals surface area contributed by atoms with E-state index in [4.69, 9.17) is 4.74 Å². The van der Waals surface area contributed by atoms with Gasteiger partial charge in [0.15, 0.2) is 0 Å². The number of piperidine rings is 1. The van der Waals surface area contributed by atoms with Crippen LogP contribution in [-0.4, -0.2) is 49.0 Å². The first-order chi connectivity index (χ1) is 6.65. The number of ether oxygens (including phenoxy) is 1. The van der Waals surface area contributed by atoms with Crippen LogP contribution in [0.15, 0.2) is 0 Å². The zero-order valence-electron chi connectivity index (χ0n) is 9.57. The summed E-state index contributed by atoms with van der Waals surface area (Å²) in [4.78, 5) is 2.45. The van der Waals surface area contributed by atoms with Crippen molar-refractivity contribution < 1.29 is 9.84 Å². The fraction of sp³-hybridized carbons (Fsp3) is 1.00. The minimum atomic E-state index is -0.144. The van der Waals surface area contributed by atoms with Gasteiger partial charge in [0.1, 0.15) is 0 Å². The van der Waals surface area contributed by atoms with Crippen molar-refractivity contribution in [2.24, 2.45) is 5.92 Å². The number of hydrogen-bond donors (Lipinski definition) is 1. The van der Waals surface area contributed by atoms with E-state index >= 15 is 0 Å². The predicted octanol–water partition coefficient (Wildman–Crippen LogP) is 1.11. The minimum absolute atomic E-state index is 0.144. The quantitative estimate of drug-likeness (QED) is 0.739. The summed E-state index contributed by atoms with van der Waals surface area (Å²) in [7, 11) is 1.75. The Kier molecular flexibility index (Phi) is 4.85. The van der Waals surface area contributed by atoms with Crippen LogP contribution in [0.5, 0.6) is 0 Å². The average Bonchev–Trinajstić information content (AvgIpc) is 2.18. The van der Waals surface area contributed by atoms with Gasteiger partial charge < -0.3 is 9.84 Å². The van der Waals surface area contributed by atoms with Crippen molar-refractivity contribution in [1.29, 1.82) is 0 Å². The Labute approximate surface area is 87.1 Å². The fourth-order valence-electron chi connectivity index (χ4n) is 2.19. The summed E-state index contributed by atoms with van der Waals surface area (Å²) in [5.74, 6) is 0.501. The van der Waals surface area contributed by atoms with Crippen LogP contribution in [0.2, 0.25) is 0 Å². The van der Waals surface area contributed by atoms with Gasteiger partial charge in [-0.1, -0.05) is 0 Å². The lowest BCUT2D eigenvalue weighted by molar-refractivity contribution is 0.0373. The molecule has 1 aliphatic heterocycles. The molecular formula is C11H23NO2. The van der Waals surface area contributed by atoms with Crippen molar-refractivity contribution in [3.8, 4) is 0 Å². The molecule has 0 bridgehead atoms. The second-order valence-corrected chi connectivity index (χ2v) is 4.42. The molecule has 1 N–H and O–H groups in total. The molecule has 3 heteroatoms. The number of rotatable bonds is 4. The molecule has 1 heterocycles. The smallest absolute Gasteiger partial charge is 0.0615 e. The van der Waals surface area contributed by atoms with Gasteiger partial charge in [-0.15, -0.1) is 0 Å². The maximum Gasteiger partial charge on any atom is 0.0615 e. The number of aliphatic hydroxyl groups excluding tert-OH is 1. The number of nitrogens with zero attached hydrogens (tertiary/aromatic N) is 1. The molecule has 0 amide bonds. The largest absolute Gasteiger partial charge is 0.393 e. The molecule has 1 fully saturated rings. The van der Waals surface area contributed by atoms with Crippen molar-refractivity contribution in [3.63, 3.8) is 0 Å². The molecule has 0 spiro atoms. The first kappa shape index (κ1) is 12.0. The van der Waals surface area contributed by atoms with Gasteiger partial charge in [0.25, 0.3) is 0 Å². The molecular weight excluding hydrogens is 178 g/mol. The van der Waals surface area contributed by atoms with Crippen LogP contribution >= 0.6 is 0 Å². The summed E-state index contributed by atoms with van der Waals surface area (Å²) in [6.45, 7) is 7.10. The third-order valence-corrected chi connectivity index (χ3v) is 3.29. The lowest BCUT2D eigenvalue weighted by Gasteiger charge is -2.36. The van der Waals surface area contributed by atoms with Gasteiger partial charge in [-0.3, -0.25) is 4.90 Å². The molecule has 0 aromatic heterocycles. The van der Waals surface area contributed by atoms with Crippen LogP contribution < -0.4 is 0 Å². The molecule has 1 saturated heterocycles. The number of likely N-dealkylation sites (tertiary alicyclic amines) is 1. The van der Waals surface area contributed by atoms with Crippen LogP contribution in [-0.2, 0) is 4.74 Å². The molecule has 3 nitrogen and oxygen atoms in total. The van der Waals surface area contributed by atoms with Crippen LogP contribution in [0.1, 0.15) is 26.7 Å². The highest BCUT2D eigenvalue weighted by molar-refractivity contribution is 4.78. The van der Waals surface area contributed by atoms with Crippen LogP contribution in [0.25, 0.3) is 0 Å². The Morgan fingerprint density at radius 2 is 1.93 bits per heavy atom. The van der Waals surface area contributed by atoms with E-state index in [2.05, 4.69) is 11.8 Å². The van der Waals surface area contributed by atoms with E-state index in [1.165, 1.54) is 0 Å². The molecule has 2 unspecified atom stereocenters. The van der Waals surface area contributed by atoms with Gasteiger partial charge in [0.2, 0.25) is 0 Å². The van der Waals surface area contributed by atoms with Crippen molar-refractivity contribution in [1.82, 2.24) is 4.90 Å². The fourth-order valence-corrected chi connectivity index (χ4v) is 2.19. The van der Waals surface area contributed by atoms with E-state index in [1.54, 1.807) is 7.11 Å². The first-order valence-electron chi connectivity index (χ1n) is 5.56. The van der Waals surface area contributed by atoms with Gasteiger partial charge >= 0.3 is 0 Å². The molecule has 0 aromatic rings. The van der Waals surface area contributed by atoms with Crippen LogP contribution in [0.4, 0.5) is 0 Å². The SMILES string of the molecule is COCC(C)N1CCC(C(C)O)CC1. The first-order valence-corrected chi connectivity index (χ1v) is 5.56. The summed E-state index contributed by atoms with van der Waals surface area (Å²) in [5.41, 5.74) is 0. The summed E-state index contributed by atoms with van der Waals surface area (Å²) >= 11 is 0. The molecule has 0 saturated carbocycles. The maximum absolute atomic E-state index is 9.46. The van der Waals surface area contributed by atoms with Gasteiger partial charge in [0.05, 0.1) is 12.7 Å². The van der Waals surface area contributed by atoms with E-state index in [9.17, 15) is 5.11 Å². The van der Waals surface area contributed by atoms with E-state index in [0.717, 1.165) is 32.5 Å². The molecule has 2 atom stereocenters. The Bertz CT molecular complexity index is 153. The molecule has 14 heavy (non-hydrogen) atoms. The Morgan fingerprint density at radius 3 is 2.36 bits per heavy atom. The third-order valence-electron chi connectivity index (χ3n) is 3.29. The van der Waals surface area contributed by atoms with Gasteiger partial charge in [-0.25, -0.2) is 0 Å². The molecule has 1 rings (SSSR count). The van der Waals surface area contributed by atoms with Crippen molar-refractivity contribution in [3.05, 3.63) is 0 Å². The van der Waals surface area contributed by atoms with Crippen LogP contribution in [0.3, 0.4) is 0 Å². The zero-order valence-corrected chi connectivity index (χ0v) is 9.57. The van der Waals surface area contributed by atoms with Crippen molar-refractivity contribution in [2.45, 2.75) is 38.8 Å². The highest BCUT2D eigenvalue weighted by Crippen LogP contribution is 2.21. The molecule has 0 aromatic carbocycles. The summed E-state index contributed by atoms with van der Waals surface area (Å²) in [6.07, 6.45) is 2.09. The highest BCUT2D eigenvalue weighted by Gasteiger charge is 2.24. The second-order valence-electron chi connectivity index (χ2n) is 4.42. The molecule has 1 aliphatic rings. The Morgan fingerprint density at radius 1 is 1.36 bits per heavy atom. The normalized spacial score (nSPS) is 24.9. The Balaban J connectivity index is 2.28. The molecule has 0 aliphatic carbocycles. The Hall–Kier alpha value is -0.120. The summed E-state index contributed by atoms with van der Waals surface area (Å²) < 4.78 is 5.14. The van der Waals surface area contributed by atoms with Crippen molar-refractivity contribution >= 4 is 0 Å². The van der Waals surface area contributed by atoms with E-state index in [1.807, 2.05) is 6.92 Å². The van der Waals surface area contributed by atoms with E-state index in [-0.39, 0.29) is 6.10 Å². The second kappa shape index (κ2) is 5.69. The topological polar surface area (TPSA) is 32.7 Å². The summed E-state index contributed by atoms with van der Waals surface area (Å²) in [5, 5.41) is 9.46. The average molecular weight is 201 g/mol. The predicted molar refractivity (Wildman–Crippen MR) is 57.3 cm³/mol. The zero-order chi connectivity index (χ0) is 10.6. The monoisotopic (exact) mass is 201 g/mol. The van der Waals surface area contributed by atoms with Crippen LogP contribution in [0, 0.1) is 5.92 Å². The maximum atomic E-state index is 9.46. The number of aliphatic hydroxyl groups is 1. The van der Waals surface area contributed by atoms with Gasteiger partial charge in [-0.05, 0) is 45.7 Å². The molecule has 84 valence electrons. The van der Waals surface area contributed by atoms with Gasteiger partial charge in [0, 0.05) is 13.2 Å². The summed E-state index contributed by atoms with van der Waals surface area (Å²) in [6, 6.07) is 0.509. The lowest BCUT2D eigenvalue weighted by atomic mass is 9.91. The van der Waals surface area contributed by atoms with Crippen molar-refractivity contribution in [2.75, 3.05) is 26.8 Å². The molecule has 0 radical (unpaired) electrons. The van der Waals surface area contributed by atoms with Gasteiger partial charge in [-0.2, -0.15) is 0 Å².